The molecule has 0 aliphatic carbocycles. The summed E-state index contributed by atoms with van der Waals surface area (Å²) in [4.78, 5) is 10.6. The van der Waals surface area contributed by atoms with E-state index in [1.165, 1.54) is 12.1 Å². The molecule has 0 aliphatic rings. The molecule has 0 fully saturated rings. The summed E-state index contributed by atoms with van der Waals surface area (Å²) in [6, 6.07) is 6.47. The lowest BCUT2D eigenvalue weighted by molar-refractivity contribution is 0.0697. The minimum Gasteiger partial charge on any atom is -0.478 e. The lowest BCUT2D eigenvalue weighted by Gasteiger charge is -2.02. The molecule has 1 N–H and O–H groups in total. The van der Waals surface area contributed by atoms with Gasteiger partial charge in [0.05, 0.1) is 18.4 Å². The fourth-order valence-electron chi connectivity index (χ4n) is 1.30. The van der Waals surface area contributed by atoms with E-state index in [2.05, 4.69) is 4.18 Å². The molecule has 17 heavy (non-hydrogen) atoms. The normalized spacial score (nSPS) is 11.4. The van der Waals surface area contributed by atoms with Crippen molar-refractivity contribution in [3.8, 4) is 0 Å². The molecule has 0 saturated heterocycles. The molecule has 1 aromatic rings. The highest BCUT2D eigenvalue weighted by molar-refractivity contribution is 7.85. The summed E-state index contributed by atoms with van der Waals surface area (Å²) in [5, 5.41) is 8.69. The van der Waals surface area contributed by atoms with E-state index in [1.807, 2.05) is 0 Å². The smallest absolute Gasteiger partial charge is 0.335 e. The van der Waals surface area contributed by atoms with Crippen molar-refractivity contribution in [3.05, 3.63) is 35.4 Å². The van der Waals surface area contributed by atoms with Gasteiger partial charge in [-0.25, -0.2) is 4.79 Å². The van der Waals surface area contributed by atoms with Crippen LogP contribution in [-0.4, -0.2) is 32.4 Å². The van der Waals surface area contributed by atoms with Gasteiger partial charge in [-0.2, -0.15) is 8.42 Å². The summed E-state index contributed by atoms with van der Waals surface area (Å²) in [5.41, 5.74) is 1.19. The van der Waals surface area contributed by atoms with E-state index in [9.17, 15) is 13.2 Å². The van der Waals surface area contributed by atoms with E-state index >= 15 is 0 Å². The van der Waals surface area contributed by atoms with Gasteiger partial charge in [0.2, 0.25) is 0 Å². The third kappa shape index (κ3) is 5.46. The zero-order chi connectivity index (χ0) is 12.9. The molecule has 0 aromatic heterocycles. The van der Waals surface area contributed by atoms with Crippen LogP contribution >= 0.6 is 0 Å². The third-order valence-corrected chi connectivity index (χ3v) is 2.70. The predicted molar refractivity (Wildman–Crippen MR) is 62.5 cm³/mol. The number of aromatic carboxylic acids is 1. The van der Waals surface area contributed by atoms with Gasteiger partial charge in [0, 0.05) is 0 Å². The lowest BCUT2D eigenvalue weighted by Crippen LogP contribution is -2.05. The fraction of sp³-hybridized carbons (Fsp3) is 0.364. The van der Waals surface area contributed by atoms with E-state index in [-0.39, 0.29) is 12.2 Å². The number of carboxylic acid groups (broad SMARTS) is 1. The zero-order valence-electron chi connectivity index (χ0n) is 9.42. The molecule has 0 unspecified atom stereocenters. The Morgan fingerprint density at radius 3 is 2.35 bits per heavy atom. The number of hydrogen-bond donors (Lipinski definition) is 1. The maximum atomic E-state index is 10.7. The first-order chi connectivity index (χ1) is 7.88. The van der Waals surface area contributed by atoms with E-state index < -0.39 is 16.1 Å². The van der Waals surface area contributed by atoms with Gasteiger partial charge in [-0.1, -0.05) is 12.1 Å². The Hall–Kier alpha value is -1.40. The number of rotatable bonds is 6. The molecule has 0 spiro atoms. The van der Waals surface area contributed by atoms with Crippen molar-refractivity contribution in [2.24, 2.45) is 0 Å². The summed E-state index contributed by atoms with van der Waals surface area (Å²) in [7, 11) is -3.37. The molecular weight excluding hydrogens is 244 g/mol. The minimum absolute atomic E-state index is 0.138. The molecule has 94 valence electrons. The largest absolute Gasteiger partial charge is 0.478 e. The highest BCUT2D eigenvalue weighted by Gasteiger charge is 2.03. The van der Waals surface area contributed by atoms with E-state index in [1.54, 1.807) is 12.1 Å². The second-order valence-electron chi connectivity index (χ2n) is 3.63. The van der Waals surface area contributed by atoms with Crippen LogP contribution in [0.3, 0.4) is 0 Å². The number of benzene rings is 1. The van der Waals surface area contributed by atoms with Crippen LogP contribution in [0.5, 0.6) is 0 Å². The Morgan fingerprint density at radius 1 is 1.29 bits per heavy atom. The van der Waals surface area contributed by atoms with Gasteiger partial charge in [0.15, 0.2) is 0 Å². The predicted octanol–water partition coefficient (Wildman–Crippen LogP) is 1.29. The van der Waals surface area contributed by atoms with Crippen LogP contribution in [0.4, 0.5) is 0 Å². The molecule has 5 nitrogen and oxygen atoms in total. The van der Waals surface area contributed by atoms with Crippen molar-refractivity contribution in [2.75, 3.05) is 12.9 Å². The lowest BCUT2D eigenvalue weighted by atomic mass is 10.1. The van der Waals surface area contributed by atoms with Crippen molar-refractivity contribution in [3.63, 3.8) is 0 Å². The number of carboxylic acids is 1. The Balaban J connectivity index is 2.40. The number of carbonyl (C=O) groups is 1. The van der Waals surface area contributed by atoms with Gasteiger partial charge in [0.1, 0.15) is 0 Å². The molecule has 1 aromatic carbocycles. The maximum absolute atomic E-state index is 10.7. The first kappa shape index (κ1) is 13.7. The van der Waals surface area contributed by atoms with Crippen molar-refractivity contribution >= 4 is 16.1 Å². The van der Waals surface area contributed by atoms with Crippen LogP contribution < -0.4 is 0 Å². The standard InChI is InChI=1S/C11H14O5S/c1-17(14,15)16-8-2-3-9-4-6-10(7-5-9)11(12)13/h4-7H,2-3,8H2,1H3,(H,12,13). The molecule has 1 rings (SSSR count). The van der Waals surface area contributed by atoms with Crippen molar-refractivity contribution < 1.29 is 22.5 Å². The third-order valence-electron chi connectivity index (χ3n) is 2.11. The summed E-state index contributed by atoms with van der Waals surface area (Å²) in [6.07, 6.45) is 2.23. The number of aryl methyl sites for hydroxylation is 1. The molecule has 0 aliphatic heterocycles. The van der Waals surface area contributed by atoms with Crippen LogP contribution in [0.25, 0.3) is 0 Å². The van der Waals surface area contributed by atoms with Crippen molar-refractivity contribution in [1.82, 2.24) is 0 Å². The Morgan fingerprint density at radius 2 is 1.88 bits per heavy atom. The van der Waals surface area contributed by atoms with Gasteiger partial charge in [-0.3, -0.25) is 4.18 Å². The second kappa shape index (κ2) is 5.79. The first-order valence-corrected chi connectivity index (χ1v) is 6.87. The SMILES string of the molecule is CS(=O)(=O)OCCCc1ccc(C(=O)O)cc1. The van der Waals surface area contributed by atoms with Crippen LogP contribution in [0.15, 0.2) is 24.3 Å². The van der Waals surface area contributed by atoms with Gasteiger partial charge < -0.3 is 5.11 Å². The van der Waals surface area contributed by atoms with E-state index in [4.69, 9.17) is 5.11 Å². The summed E-state index contributed by atoms with van der Waals surface area (Å²) in [5.74, 6) is -0.961. The Bertz CT molecular complexity index is 475. The van der Waals surface area contributed by atoms with Crippen molar-refractivity contribution in [2.45, 2.75) is 12.8 Å². The summed E-state index contributed by atoms with van der Waals surface area (Å²) < 4.78 is 25.9. The molecule has 0 bridgehead atoms. The van der Waals surface area contributed by atoms with E-state index in [0.717, 1.165) is 11.8 Å². The highest BCUT2D eigenvalue weighted by atomic mass is 32.2. The Labute approximate surface area is 100 Å². The zero-order valence-corrected chi connectivity index (χ0v) is 10.2. The van der Waals surface area contributed by atoms with Crippen LogP contribution in [0.2, 0.25) is 0 Å². The topological polar surface area (TPSA) is 80.7 Å². The second-order valence-corrected chi connectivity index (χ2v) is 5.28. The molecule has 0 radical (unpaired) electrons. The first-order valence-electron chi connectivity index (χ1n) is 5.05. The van der Waals surface area contributed by atoms with Crippen LogP contribution in [0, 0.1) is 0 Å². The monoisotopic (exact) mass is 258 g/mol. The van der Waals surface area contributed by atoms with Crippen molar-refractivity contribution in [1.29, 1.82) is 0 Å². The molecule has 0 heterocycles. The molecule has 0 saturated carbocycles. The Kier molecular flexibility index (Phi) is 4.65. The molecule has 6 heteroatoms. The van der Waals surface area contributed by atoms with Gasteiger partial charge in [-0.05, 0) is 30.5 Å². The van der Waals surface area contributed by atoms with Crippen LogP contribution in [-0.2, 0) is 20.7 Å². The van der Waals surface area contributed by atoms with Gasteiger partial charge in [0.25, 0.3) is 10.1 Å². The average Bonchev–Trinajstić information content (AvgIpc) is 2.24. The molecular formula is C11H14O5S. The molecule has 0 atom stereocenters. The van der Waals surface area contributed by atoms with Gasteiger partial charge in [-0.15, -0.1) is 0 Å². The molecule has 0 amide bonds. The minimum atomic E-state index is -3.37. The highest BCUT2D eigenvalue weighted by Crippen LogP contribution is 2.07. The van der Waals surface area contributed by atoms with Crippen LogP contribution in [0.1, 0.15) is 22.3 Å². The summed E-state index contributed by atoms with van der Waals surface area (Å²) >= 11 is 0. The maximum Gasteiger partial charge on any atom is 0.335 e. The number of hydrogen-bond acceptors (Lipinski definition) is 4. The van der Waals surface area contributed by atoms with Gasteiger partial charge >= 0.3 is 5.97 Å². The van der Waals surface area contributed by atoms with E-state index in [0.29, 0.717) is 12.8 Å². The fourth-order valence-corrected chi connectivity index (χ4v) is 1.72. The quantitative estimate of drug-likeness (QED) is 0.614. The summed E-state index contributed by atoms with van der Waals surface area (Å²) in [6.45, 7) is 0.138. The average molecular weight is 258 g/mol.